The van der Waals surface area contributed by atoms with Crippen molar-refractivity contribution >= 4 is 11.6 Å². The molecule has 5 heteroatoms. The quantitative estimate of drug-likeness (QED) is 0.769. The highest BCUT2D eigenvalue weighted by molar-refractivity contribution is 5.95. The van der Waals surface area contributed by atoms with Gasteiger partial charge in [-0.1, -0.05) is 12.5 Å². The van der Waals surface area contributed by atoms with Crippen molar-refractivity contribution in [3.05, 3.63) is 23.8 Å². The highest BCUT2D eigenvalue weighted by Crippen LogP contribution is 2.31. The minimum Gasteiger partial charge on any atom is -0.482 e. The molecule has 5 nitrogen and oxygen atoms in total. The van der Waals surface area contributed by atoms with Crippen molar-refractivity contribution in [2.45, 2.75) is 25.8 Å². The molecule has 0 aromatic heterocycles. The van der Waals surface area contributed by atoms with Crippen molar-refractivity contribution in [1.29, 1.82) is 0 Å². The van der Waals surface area contributed by atoms with Crippen LogP contribution in [0.4, 0.5) is 5.69 Å². The summed E-state index contributed by atoms with van der Waals surface area (Å²) < 4.78 is 5.34. The Morgan fingerprint density at radius 3 is 3.05 bits per heavy atom. The van der Waals surface area contributed by atoms with Crippen LogP contribution in [0.3, 0.4) is 0 Å². The molecular formula is C16H22N2O3. The smallest absolute Gasteiger partial charge is 0.262 e. The predicted octanol–water partition coefficient (Wildman–Crippen LogP) is 1.52. The van der Waals surface area contributed by atoms with Crippen molar-refractivity contribution < 1.29 is 14.6 Å². The van der Waals surface area contributed by atoms with E-state index in [1.165, 1.54) is 12.8 Å². The number of amides is 1. The van der Waals surface area contributed by atoms with Gasteiger partial charge in [0.25, 0.3) is 5.91 Å². The molecule has 1 fully saturated rings. The van der Waals surface area contributed by atoms with Crippen LogP contribution in [0.1, 0.15) is 24.8 Å². The molecule has 1 heterocycles. The van der Waals surface area contributed by atoms with Crippen molar-refractivity contribution in [3.63, 3.8) is 0 Å². The van der Waals surface area contributed by atoms with E-state index in [1.54, 1.807) is 0 Å². The van der Waals surface area contributed by atoms with Gasteiger partial charge < -0.3 is 20.5 Å². The summed E-state index contributed by atoms with van der Waals surface area (Å²) in [6.07, 6.45) is 3.57. The van der Waals surface area contributed by atoms with E-state index in [4.69, 9.17) is 4.74 Å². The summed E-state index contributed by atoms with van der Waals surface area (Å²) >= 11 is 0. The maximum Gasteiger partial charge on any atom is 0.262 e. The topological polar surface area (TPSA) is 70.6 Å². The van der Waals surface area contributed by atoms with Crippen LogP contribution in [-0.2, 0) is 11.3 Å². The Morgan fingerprint density at radius 1 is 1.33 bits per heavy atom. The normalized spacial score (nSPS) is 24.3. The summed E-state index contributed by atoms with van der Waals surface area (Å²) in [6.45, 7) is 2.09. The molecule has 1 amide bonds. The van der Waals surface area contributed by atoms with E-state index in [0.717, 1.165) is 36.5 Å². The minimum absolute atomic E-state index is 0.0921. The molecule has 1 aliphatic carbocycles. The molecule has 1 saturated carbocycles. The summed E-state index contributed by atoms with van der Waals surface area (Å²) in [6, 6.07) is 5.87. The largest absolute Gasteiger partial charge is 0.482 e. The second kappa shape index (κ2) is 6.45. The van der Waals surface area contributed by atoms with Gasteiger partial charge in [-0.2, -0.15) is 0 Å². The molecule has 3 N–H and O–H groups in total. The lowest BCUT2D eigenvalue weighted by Gasteiger charge is -2.20. The highest BCUT2D eigenvalue weighted by atomic mass is 16.5. The molecule has 0 saturated heterocycles. The fourth-order valence-corrected chi connectivity index (χ4v) is 3.26. The van der Waals surface area contributed by atoms with Crippen LogP contribution in [0.2, 0.25) is 0 Å². The van der Waals surface area contributed by atoms with Crippen molar-refractivity contribution in [2.24, 2.45) is 11.8 Å². The number of aliphatic hydroxyl groups is 1. The van der Waals surface area contributed by atoms with Crippen LogP contribution in [0.15, 0.2) is 18.2 Å². The second-order valence-corrected chi connectivity index (χ2v) is 5.93. The van der Waals surface area contributed by atoms with Crippen LogP contribution in [0, 0.1) is 11.8 Å². The molecule has 3 rings (SSSR count). The molecular weight excluding hydrogens is 268 g/mol. The van der Waals surface area contributed by atoms with Crippen molar-refractivity contribution in [1.82, 2.24) is 5.32 Å². The number of fused-ring (bicyclic) bond motifs is 1. The number of anilines is 1. The summed E-state index contributed by atoms with van der Waals surface area (Å²) in [7, 11) is 0. The predicted molar refractivity (Wildman–Crippen MR) is 80.2 cm³/mol. The average Bonchev–Trinajstić information content (AvgIpc) is 2.94. The second-order valence-electron chi connectivity index (χ2n) is 5.93. The first-order valence-electron chi connectivity index (χ1n) is 7.63. The van der Waals surface area contributed by atoms with Gasteiger partial charge in [-0.05, 0) is 48.9 Å². The third-order valence-corrected chi connectivity index (χ3v) is 4.46. The lowest BCUT2D eigenvalue weighted by Crippen LogP contribution is -2.27. The molecule has 2 aliphatic rings. The molecule has 1 aromatic carbocycles. The SMILES string of the molecule is O=C1COc2ccc(CNCC3CCCC3CO)cc2N1. The number of ether oxygens (including phenoxy) is 1. The summed E-state index contributed by atoms with van der Waals surface area (Å²) in [5, 5.41) is 15.6. The van der Waals surface area contributed by atoms with Gasteiger partial charge in [-0.15, -0.1) is 0 Å². The molecule has 1 aromatic rings. The Bertz CT molecular complexity index is 518. The summed E-state index contributed by atoms with van der Waals surface area (Å²) in [5.41, 5.74) is 1.87. The number of carbonyl (C=O) groups excluding carboxylic acids is 1. The van der Waals surface area contributed by atoms with E-state index in [9.17, 15) is 9.90 Å². The van der Waals surface area contributed by atoms with Crippen molar-refractivity contribution in [2.75, 3.05) is 25.1 Å². The standard InChI is InChI=1S/C16H22N2O3/c19-9-13-3-1-2-12(13)8-17-7-11-4-5-15-14(6-11)18-16(20)10-21-15/h4-6,12-13,17,19H,1-3,7-10H2,(H,18,20). The minimum atomic E-state index is -0.107. The lowest BCUT2D eigenvalue weighted by molar-refractivity contribution is -0.118. The van der Waals surface area contributed by atoms with Gasteiger partial charge in [0, 0.05) is 13.2 Å². The van der Waals surface area contributed by atoms with Crippen molar-refractivity contribution in [3.8, 4) is 5.75 Å². The first-order valence-corrected chi connectivity index (χ1v) is 7.63. The van der Waals surface area contributed by atoms with E-state index in [2.05, 4.69) is 10.6 Å². The van der Waals surface area contributed by atoms with E-state index in [-0.39, 0.29) is 12.5 Å². The molecule has 2 atom stereocenters. The van der Waals surface area contributed by atoms with Gasteiger partial charge in [-0.3, -0.25) is 4.79 Å². The number of benzene rings is 1. The average molecular weight is 290 g/mol. The van der Waals surface area contributed by atoms with Crippen LogP contribution >= 0.6 is 0 Å². The Balaban J connectivity index is 1.54. The maximum atomic E-state index is 11.3. The van der Waals surface area contributed by atoms with Gasteiger partial charge in [0.1, 0.15) is 5.75 Å². The summed E-state index contributed by atoms with van der Waals surface area (Å²) in [5.74, 6) is 1.66. The van der Waals surface area contributed by atoms with Gasteiger partial charge in [0.05, 0.1) is 5.69 Å². The third kappa shape index (κ3) is 3.36. The maximum absolute atomic E-state index is 11.3. The number of nitrogens with one attached hydrogen (secondary N) is 2. The zero-order valence-electron chi connectivity index (χ0n) is 12.1. The molecule has 0 bridgehead atoms. The zero-order chi connectivity index (χ0) is 14.7. The Kier molecular flexibility index (Phi) is 4.41. The molecule has 21 heavy (non-hydrogen) atoms. The first-order chi connectivity index (χ1) is 10.3. The van der Waals surface area contributed by atoms with E-state index < -0.39 is 0 Å². The van der Waals surface area contributed by atoms with Gasteiger partial charge in [0.15, 0.2) is 6.61 Å². The van der Waals surface area contributed by atoms with Crippen LogP contribution in [0.25, 0.3) is 0 Å². The molecule has 0 spiro atoms. The van der Waals surface area contributed by atoms with Gasteiger partial charge in [0.2, 0.25) is 0 Å². The van der Waals surface area contributed by atoms with Crippen LogP contribution in [-0.4, -0.2) is 30.8 Å². The molecule has 0 radical (unpaired) electrons. The zero-order valence-corrected chi connectivity index (χ0v) is 12.1. The number of hydrogen-bond acceptors (Lipinski definition) is 4. The van der Waals surface area contributed by atoms with E-state index >= 15 is 0 Å². The Morgan fingerprint density at radius 2 is 2.19 bits per heavy atom. The van der Waals surface area contributed by atoms with Crippen LogP contribution in [0.5, 0.6) is 5.75 Å². The number of hydrogen-bond donors (Lipinski definition) is 3. The third-order valence-electron chi connectivity index (χ3n) is 4.46. The fraction of sp³-hybridized carbons (Fsp3) is 0.562. The monoisotopic (exact) mass is 290 g/mol. The first kappa shape index (κ1) is 14.4. The number of rotatable bonds is 5. The molecule has 114 valence electrons. The Hall–Kier alpha value is -1.59. The number of aliphatic hydroxyl groups excluding tert-OH is 1. The highest BCUT2D eigenvalue weighted by Gasteiger charge is 2.25. The van der Waals surface area contributed by atoms with Gasteiger partial charge in [-0.25, -0.2) is 0 Å². The Labute approximate surface area is 124 Å². The summed E-state index contributed by atoms with van der Waals surface area (Å²) in [4.78, 5) is 11.3. The van der Waals surface area contributed by atoms with E-state index in [0.29, 0.717) is 18.4 Å². The van der Waals surface area contributed by atoms with Crippen LogP contribution < -0.4 is 15.4 Å². The fourth-order valence-electron chi connectivity index (χ4n) is 3.26. The lowest BCUT2D eigenvalue weighted by atomic mass is 9.97. The number of carbonyl (C=O) groups is 1. The van der Waals surface area contributed by atoms with Gasteiger partial charge >= 0.3 is 0 Å². The molecule has 2 unspecified atom stereocenters. The molecule has 1 aliphatic heterocycles. The van der Waals surface area contributed by atoms with E-state index in [1.807, 2.05) is 18.2 Å².